The van der Waals surface area contributed by atoms with Crippen LogP contribution in [0.25, 0.3) is 0 Å². The maximum Gasteiger partial charge on any atom is 0.124 e. The summed E-state index contributed by atoms with van der Waals surface area (Å²) in [7, 11) is 2.01. The average molecular weight is 226 g/mol. The highest BCUT2D eigenvalue weighted by molar-refractivity contribution is 4.95. The van der Waals surface area contributed by atoms with Gasteiger partial charge in [-0.05, 0) is 6.42 Å². The second-order valence-corrected chi connectivity index (χ2v) is 4.63. The molecule has 0 saturated carbocycles. The summed E-state index contributed by atoms with van der Waals surface area (Å²) in [6.45, 7) is 3.52. The average Bonchev–Trinajstić information content (AvgIpc) is 2.64. The predicted molar refractivity (Wildman–Crippen MR) is 67.9 cm³/mol. The molecule has 0 saturated heterocycles. The van der Waals surface area contributed by atoms with Crippen LogP contribution in [-0.4, -0.2) is 41.3 Å². The van der Waals surface area contributed by atoms with Crippen LogP contribution in [0.4, 0.5) is 0 Å². The van der Waals surface area contributed by atoms with Crippen molar-refractivity contribution in [3.05, 3.63) is 12.4 Å². The summed E-state index contributed by atoms with van der Waals surface area (Å²) in [4.78, 5) is 4.30. The van der Waals surface area contributed by atoms with E-state index in [4.69, 9.17) is 0 Å². The van der Waals surface area contributed by atoms with Crippen molar-refractivity contribution in [1.29, 1.82) is 0 Å². The van der Waals surface area contributed by atoms with E-state index in [1.807, 2.05) is 13.2 Å². The highest BCUT2D eigenvalue weighted by atomic mass is 16.3. The molecule has 0 radical (unpaired) electrons. The van der Waals surface area contributed by atoms with Gasteiger partial charge in [0.05, 0.1) is 6.61 Å². The highest BCUT2D eigenvalue weighted by Gasteiger charge is 2.21. The molecule has 0 aromatic rings. The lowest BCUT2D eigenvalue weighted by molar-refractivity contribution is 0.0958. The van der Waals surface area contributed by atoms with E-state index in [9.17, 15) is 5.11 Å². The van der Waals surface area contributed by atoms with Gasteiger partial charge in [-0.1, -0.05) is 39.0 Å². The Kier molecular flexibility index (Phi) is 6.31. The zero-order valence-corrected chi connectivity index (χ0v) is 10.7. The third-order valence-corrected chi connectivity index (χ3v) is 3.28. The van der Waals surface area contributed by atoms with Gasteiger partial charge in [-0.3, -0.25) is 0 Å². The van der Waals surface area contributed by atoms with E-state index in [1.54, 1.807) is 0 Å². The Morgan fingerprint density at radius 2 is 1.75 bits per heavy atom. The molecule has 0 amide bonds. The van der Waals surface area contributed by atoms with E-state index >= 15 is 0 Å². The topological polar surface area (TPSA) is 26.7 Å². The van der Waals surface area contributed by atoms with E-state index in [1.165, 1.54) is 38.5 Å². The molecule has 0 aromatic carbocycles. The lowest BCUT2D eigenvalue weighted by atomic mass is 10.1. The van der Waals surface area contributed by atoms with E-state index in [0.29, 0.717) is 0 Å². The van der Waals surface area contributed by atoms with Gasteiger partial charge in [0.2, 0.25) is 0 Å². The van der Waals surface area contributed by atoms with Crippen LogP contribution in [0.1, 0.15) is 45.4 Å². The molecule has 1 unspecified atom stereocenters. The molecule has 16 heavy (non-hydrogen) atoms. The third kappa shape index (κ3) is 4.05. The fourth-order valence-corrected chi connectivity index (χ4v) is 2.16. The normalized spacial score (nSPS) is 19.8. The third-order valence-electron chi connectivity index (χ3n) is 3.28. The standard InChI is InChI=1S/C13H26N2O/c1-3-4-5-6-7-8-9-15-11-10-14(2)13(15)12-16/h10-11,13,16H,3-9,12H2,1-2H3. The summed E-state index contributed by atoms with van der Waals surface area (Å²) in [5.41, 5.74) is 0. The predicted octanol–water partition coefficient (Wildman–Crippen LogP) is 2.38. The summed E-state index contributed by atoms with van der Waals surface area (Å²) in [5.74, 6) is 0. The fourth-order valence-electron chi connectivity index (χ4n) is 2.16. The number of hydrogen-bond acceptors (Lipinski definition) is 3. The SMILES string of the molecule is CCCCCCCCN1C=CN(C)C1CO. The molecule has 0 bridgehead atoms. The van der Waals surface area contributed by atoms with Gasteiger partial charge >= 0.3 is 0 Å². The summed E-state index contributed by atoms with van der Waals surface area (Å²) >= 11 is 0. The largest absolute Gasteiger partial charge is 0.392 e. The molecule has 1 rings (SSSR count). The number of hydrogen-bond donors (Lipinski definition) is 1. The van der Waals surface area contributed by atoms with Crippen molar-refractivity contribution in [2.24, 2.45) is 0 Å². The van der Waals surface area contributed by atoms with Gasteiger partial charge in [0.15, 0.2) is 0 Å². The van der Waals surface area contributed by atoms with Crippen LogP contribution in [0.15, 0.2) is 12.4 Å². The molecule has 1 aliphatic rings. The summed E-state index contributed by atoms with van der Waals surface area (Å²) in [5, 5.41) is 9.26. The number of rotatable bonds is 8. The maximum absolute atomic E-state index is 9.26. The second kappa shape index (κ2) is 7.55. The molecule has 1 heterocycles. The first kappa shape index (κ1) is 13.4. The smallest absolute Gasteiger partial charge is 0.124 e. The Hall–Kier alpha value is -0.700. The van der Waals surface area contributed by atoms with E-state index < -0.39 is 0 Å². The molecule has 3 nitrogen and oxygen atoms in total. The molecule has 94 valence electrons. The Labute approximate surface area is 99.7 Å². The van der Waals surface area contributed by atoms with Crippen molar-refractivity contribution >= 4 is 0 Å². The Morgan fingerprint density at radius 1 is 1.06 bits per heavy atom. The molecule has 3 heteroatoms. The molecule has 1 aliphatic heterocycles. The van der Waals surface area contributed by atoms with Gasteiger partial charge in [0, 0.05) is 26.0 Å². The maximum atomic E-state index is 9.26. The van der Waals surface area contributed by atoms with Crippen molar-refractivity contribution in [1.82, 2.24) is 9.80 Å². The van der Waals surface area contributed by atoms with Crippen LogP contribution in [-0.2, 0) is 0 Å². The van der Waals surface area contributed by atoms with Gasteiger partial charge in [-0.15, -0.1) is 0 Å². The Balaban J connectivity index is 2.06. The Morgan fingerprint density at radius 3 is 2.44 bits per heavy atom. The summed E-state index contributed by atoms with van der Waals surface area (Å²) in [6, 6.07) is 0. The van der Waals surface area contributed by atoms with Crippen molar-refractivity contribution in [3.63, 3.8) is 0 Å². The Bertz CT molecular complexity index is 206. The molecule has 0 aliphatic carbocycles. The van der Waals surface area contributed by atoms with Crippen molar-refractivity contribution in [3.8, 4) is 0 Å². The van der Waals surface area contributed by atoms with Crippen molar-refractivity contribution < 1.29 is 5.11 Å². The first-order valence-electron chi connectivity index (χ1n) is 6.56. The van der Waals surface area contributed by atoms with Crippen molar-refractivity contribution in [2.45, 2.75) is 51.6 Å². The lowest BCUT2D eigenvalue weighted by Crippen LogP contribution is -2.39. The molecular formula is C13H26N2O. The van der Waals surface area contributed by atoms with Gasteiger partial charge < -0.3 is 14.9 Å². The fraction of sp³-hybridized carbons (Fsp3) is 0.846. The van der Waals surface area contributed by atoms with E-state index in [2.05, 4.69) is 22.9 Å². The van der Waals surface area contributed by atoms with Crippen LogP contribution in [0.5, 0.6) is 0 Å². The number of aliphatic hydroxyl groups excluding tert-OH is 1. The monoisotopic (exact) mass is 226 g/mol. The van der Waals surface area contributed by atoms with E-state index in [-0.39, 0.29) is 12.8 Å². The zero-order valence-electron chi connectivity index (χ0n) is 10.7. The van der Waals surface area contributed by atoms with Gasteiger partial charge in [-0.25, -0.2) is 0 Å². The quantitative estimate of drug-likeness (QED) is 0.644. The molecule has 0 aromatic heterocycles. The molecule has 1 N–H and O–H groups in total. The number of nitrogens with zero attached hydrogens (tertiary/aromatic N) is 2. The molecular weight excluding hydrogens is 200 g/mol. The van der Waals surface area contributed by atoms with Crippen LogP contribution < -0.4 is 0 Å². The number of likely N-dealkylation sites (N-methyl/N-ethyl adjacent to an activating group) is 1. The van der Waals surface area contributed by atoms with Gasteiger partial charge in [0.25, 0.3) is 0 Å². The second-order valence-electron chi connectivity index (χ2n) is 4.63. The van der Waals surface area contributed by atoms with Crippen LogP contribution >= 0.6 is 0 Å². The van der Waals surface area contributed by atoms with Crippen LogP contribution in [0.2, 0.25) is 0 Å². The lowest BCUT2D eigenvalue weighted by Gasteiger charge is -2.28. The minimum Gasteiger partial charge on any atom is -0.392 e. The first-order chi connectivity index (χ1) is 7.79. The molecule has 0 fully saturated rings. The van der Waals surface area contributed by atoms with Gasteiger partial charge in [-0.2, -0.15) is 0 Å². The van der Waals surface area contributed by atoms with Crippen LogP contribution in [0, 0.1) is 0 Å². The summed E-state index contributed by atoms with van der Waals surface area (Å²) in [6.07, 6.45) is 12.2. The zero-order chi connectivity index (χ0) is 11.8. The van der Waals surface area contributed by atoms with E-state index in [0.717, 1.165) is 6.54 Å². The number of aliphatic hydroxyl groups is 1. The first-order valence-corrected chi connectivity index (χ1v) is 6.56. The highest BCUT2D eigenvalue weighted by Crippen LogP contribution is 2.15. The van der Waals surface area contributed by atoms with Gasteiger partial charge in [0.1, 0.15) is 6.17 Å². The summed E-state index contributed by atoms with van der Waals surface area (Å²) < 4.78 is 0. The molecule has 1 atom stereocenters. The van der Waals surface area contributed by atoms with Crippen LogP contribution in [0.3, 0.4) is 0 Å². The van der Waals surface area contributed by atoms with Crippen molar-refractivity contribution in [2.75, 3.05) is 20.2 Å². The number of unbranched alkanes of at least 4 members (excludes halogenated alkanes) is 5. The minimum atomic E-state index is 0.163. The molecule has 0 spiro atoms. The minimum absolute atomic E-state index is 0.163.